The molecule has 0 spiro atoms. The molecule has 8 heteroatoms. The molecule has 0 aliphatic heterocycles. The van der Waals surface area contributed by atoms with Crippen molar-refractivity contribution in [2.75, 3.05) is 3.53 Å². The van der Waals surface area contributed by atoms with Crippen LogP contribution >= 0.6 is 34.5 Å². The van der Waals surface area contributed by atoms with Gasteiger partial charge in [0.25, 0.3) is 0 Å². The van der Waals surface area contributed by atoms with Gasteiger partial charge in [-0.3, -0.25) is 0 Å². The van der Waals surface area contributed by atoms with E-state index in [9.17, 15) is 4.39 Å². The van der Waals surface area contributed by atoms with Crippen LogP contribution < -0.4 is 3.53 Å². The van der Waals surface area contributed by atoms with Gasteiger partial charge in [0.2, 0.25) is 0 Å². The van der Waals surface area contributed by atoms with Gasteiger partial charge >= 0.3 is 0 Å². The van der Waals surface area contributed by atoms with E-state index in [4.69, 9.17) is 11.6 Å². The van der Waals surface area contributed by atoms with Crippen molar-refractivity contribution in [1.82, 2.24) is 19.9 Å². The minimum atomic E-state index is -0.505. The highest BCUT2D eigenvalue weighted by molar-refractivity contribution is 14.1. The van der Waals surface area contributed by atoms with Crippen LogP contribution in [-0.4, -0.2) is 19.9 Å². The Kier molecular flexibility index (Phi) is 3.23. The number of aromatic nitrogens is 4. The molecule has 0 amide bonds. The molecule has 0 radical (unpaired) electrons. The van der Waals surface area contributed by atoms with Crippen LogP contribution in [0.25, 0.3) is 22.4 Å². The summed E-state index contributed by atoms with van der Waals surface area (Å²) in [6, 6.07) is 1.76. The molecule has 0 aromatic carbocycles. The summed E-state index contributed by atoms with van der Waals surface area (Å²) in [6.07, 6.45) is 4.39. The summed E-state index contributed by atoms with van der Waals surface area (Å²) in [5, 5.41) is 1.31. The molecule has 0 saturated heterocycles. The van der Waals surface area contributed by atoms with Crippen LogP contribution in [-0.2, 0) is 0 Å². The highest BCUT2D eigenvalue weighted by Crippen LogP contribution is 2.28. The van der Waals surface area contributed by atoms with Gasteiger partial charge in [-0.05, 0) is 6.07 Å². The summed E-state index contributed by atoms with van der Waals surface area (Å²) in [6.45, 7) is 0. The van der Waals surface area contributed by atoms with Crippen LogP contribution in [0.4, 0.5) is 10.2 Å². The standard InChI is InChI=1S/C11H6ClFIN5/c12-5-1-6-7(3-16-9(6)15-2-5)10-17-4-8(13)11(18-10)19-14/h1-4H,(H,15,16)(H,17,18,19). The molecule has 0 bridgehead atoms. The van der Waals surface area contributed by atoms with Crippen molar-refractivity contribution in [2.45, 2.75) is 0 Å². The van der Waals surface area contributed by atoms with E-state index < -0.39 is 5.82 Å². The van der Waals surface area contributed by atoms with Gasteiger partial charge in [-0.2, -0.15) is 0 Å². The Balaban J connectivity index is 2.21. The first-order valence-corrected chi connectivity index (χ1v) is 6.67. The fourth-order valence-electron chi connectivity index (χ4n) is 1.73. The highest BCUT2D eigenvalue weighted by Gasteiger charge is 2.12. The topological polar surface area (TPSA) is 66.5 Å². The molecule has 3 rings (SSSR count). The summed E-state index contributed by atoms with van der Waals surface area (Å²) in [5.74, 6) is 0.0277. The number of anilines is 1. The summed E-state index contributed by atoms with van der Waals surface area (Å²) < 4.78 is 16.0. The van der Waals surface area contributed by atoms with Crippen molar-refractivity contribution < 1.29 is 4.39 Å². The molecular formula is C11H6ClFIN5. The molecule has 3 heterocycles. The second-order valence-corrected chi connectivity index (χ2v) is 4.71. The first-order valence-electron chi connectivity index (χ1n) is 5.21. The van der Waals surface area contributed by atoms with Gasteiger partial charge in [0, 0.05) is 23.3 Å². The fourth-order valence-corrected chi connectivity index (χ4v) is 2.26. The van der Waals surface area contributed by atoms with Crippen LogP contribution in [0.15, 0.2) is 24.7 Å². The number of fused-ring (bicyclic) bond motifs is 1. The van der Waals surface area contributed by atoms with E-state index in [2.05, 4.69) is 23.5 Å². The molecule has 0 saturated carbocycles. The second kappa shape index (κ2) is 4.89. The molecule has 0 aliphatic carbocycles. The van der Waals surface area contributed by atoms with E-state index in [0.717, 1.165) is 17.1 Å². The Morgan fingerprint density at radius 3 is 2.95 bits per heavy atom. The van der Waals surface area contributed by atoms with Gasteiger partial charge < -0.3 is 8.51 Å². The average molecular weight is 390 g/mol. The zero-order valence-electron chi connectivity index (χ0n) is 9.28. The predicted molar refractivity (Wildman–Crippen MR) is 79.7 cm³/mol. The average Bonchev–Trinajstić information content (AvgIpc) is 2.82. The number of hydrogen-bond donors (Lipinski definition) is 2. The van der Waals surface area contributed by atoms with Gasteiger partial charge in [-0.25, -0.2) is 19.3 Å². The van der Waals surface area contributed by atoms with Crippen LogP contribution in [0, 0.1) is 5.82 Å². The minimum absolute atomic E-state index is 0.134. The molecule has 0 atom stereocenters. The number of aromatic amines is 1. The third kappa shape index (κ3) is 2.23. The van der Waals surface area contributed by atoms with Gasteiger partial charge in [-0.15, -0.1) is 0 Å². The lowest BCUT2D eigenvalue weighted by Crippen LogP contribution is -1.96. The number of halogens is 3. The molecule has 19 heavy (non-hydrogen) atoms. The van der Waals surface area contributed by atoms with E-state index in [1.165, 1.54) is 0 Å². The fraction of sp³-hybridized carbons (Fsp3) is 0. The molecule has 3 aromatic rings. The number of rotatable bonds is 2. The third-order valence-corrected chi connectivity index (χ3v) is 3.29. The maximum Gasteiger partial charge on any atom is 0.184 e. The SMILES string of the molecule is Fc1cnc(-c2c[nH]c3ncc(Cl)cc23)nc1NI. The number of nitrogens with one attached hydrogen (secondary N) is 2. The zero-order valence-corrected chi connectivity index (χ0v) is 12.2. The molecule has 0 fully saturated rings. The maximum atomic E-state index is 13.4. The van der Waals surface area contributed by atoms with Crippen molar-refractivity contribution in [3.63, 3.8) is 0 Å². The lowest BCUT2D eigenvalue weighted by Gasteiger charge is -2.02. The number of H-pyrrole nitrogens is 1. The van der Waals surface area contributed by atoms with E-state index in [1.807, 2.05) is 22.9 Å². The van der Waals surface area contributed by atoms with Crippen LogP contribution in [0.5, 0.6) is 0 Å². The molecular weight excluding hydrogens is 384 g/mol. The summed E-state index contributed by atoms with van der Waals surface area (Å²) in [4.78, 5) is 15.3. The Labute approximate surface area is 126 Å². The van der Waals surface area contributed by atoms with Crippen molar-refractivity contribution in [1.29, 1.82) is 0 Å². The normalized spacial score (nSPS) is 10.9. The molecule has 0 aliphatic rings. The van der Waals surface area contributed by atoms with Crippen LogP contribution in [0.3, 0.4) is 0 Å². The number of pyridine rings is 1. The van der Waals surface area contributed by atoms with Crippen molar-refractivity contribution in [3.8, 4) is 11.4 Å². The Morgan fingerprint density at radius 1 is 1.32 bits per heavy atom. The van der Waals surface area contributed by atoms with Gasteiger partial charge in [-0.1, -0.05) is 11.6 Å². The zero-order chi connectivity index (χ0) is 13.4. The predicted octanol–water partition coefficient (Wildman–Crippen LogP) is 3.57. The quantitative estimate of drug-likeness (QED) is 0.519. The van der Waals surface area contributed by atoms with Crippen LogP contribution in [0.1, 0.15) is 0 Å². The minimum Gasteiger partial charge on any atom is -0.345 e. The Bertz CT molecular complexity index is 760. The number of nitrogens with zero attached hydrogens (tertiary/aromatic N) is 3. The largest absolute Gasteiger partial charge is 0.345 e. The van der Waals surface area contributed by atoms with Crippen molar-refractivity contribution >= 4 is 51.3 Å². The molecule has 3 aromatic heterocycles. The van der Waals surface area contributed by atoms with Gasteiger partial charge in [0.15, 0.2) is 17.5 Å². The third-order valence-electron chi connectivity index (χ3n) is 2.57. The van der Waals surface area contributed by atoms with Crippen molar-refractivity contribution in [2.24, 2.45) is 0 Å². The highest BCUT2D eigenvalue weighted by atomic mass is 127. The first-order chi connectivity index (χ1) is 9.19. The van der Waals surface area contributed by atoms with Crippen LogP contribution in [0.2, 0.25) is 5.02 Å². The maximum absolute atomic E-state index is 13.4. The Morgan fingerprint density at radius 2 is 2.16 bits per heavy atom. The monoisotopic (exact) mass is 389 g/mol. The van der Waals surface area contributed by atoms with Gasteiger partial charge in [0.1, 0.15) is 5.65 Å². The second-order valence-electron chi connectivity index (χ2n) is 3.74. The number of hydrogen-bond acceptors (Lipinski definition) is 4. The van der Waals surface area contributed by atoms with E-state index in [1.54, 1.807) is 18.5 Å². The van der Waals surface area contributed by atoms with Gasteiger partial charge in [0.05, 0.1) is 34.1 Å². The molecule has 0 unspecified atom stereocenters. The first kappa shape index (κ1) is 12.5. The Hall–Kier alpha value is -1.48. The molecule has 5 nitrogen and oxygen atoms in total. The molecule has 96 valence electrons. The molecule has 2 N–H and O–H groups in total. The van der Waals surface area contributed by atoms with E-state index in [-0.39, 0.29) is 5.82 Å². The van der Waals surface area contributed by atoms with E-state index in [0.29, 0.717) is 16.5 Å². The summed E-state index contributed by atoms with van der Waals surface area (Å²) >= 11 is 7.74. The summed E-state index contributed by atoms with van der Waals surface area (Å²) in [7, 11) is 0. The smallest absolute Gasteiger partial charge is 0.184 e. The lowest BCUT2D eigenvalue weighted by molar-refractivity contribution is 0.621. The van der Waals surface area contributed by atoms with E-state index >= 15 is 0 Å². The van der Waals surface area contributed by atoms with Crippen molar-refractivity contribution in [3.05, 3.63) is 35.5 Å². The lowest BCUT2D eigenvalue weighted by atomic mass is 10.2. The summed E-state index contributed by atoms with van der Waals surface area (Å²) in [5.41, 5.74) is 1.40.